The van der Waals surface area contributed by atoms with Gasteiger partial charge in [0, 0.05) is 10.0 Å². The van der Waals surface area contributed by atoms with Crippen LogP contribution in [-0.2, 0) is 5.54 Å². The zero-order valence-electron chi connectivity index (χ0n) is 15.3. The first-order chi connectivity index (χ1) is 13.7. The van der Waals surface area contributed by atoms with Crippen LogP contribution in [-0.4, -0.2) is 11.2 Å². The molecule has 3 aromatic carbocycles. The first-order valence-electron chi connectivity index (χ1n) is 9.56. The first-order valence-corrected chi connectivity index (χ1v) is 10.3. The standard InChI is InChI=1S/C24H20Cl2N2/c25-19-11-12-20(21(26)15-19)24(13-14-24)28-16-27-22(17-7-3-1-4-8-17)23(28)18-9-5-2-6-10-18/h1-12,15-16,22-23H,13-14H2/t22-,23+/m0/s1. The molecule has 0 bridgehead atoms. The zero-order valence-corrected chi connectivity index (χ0v) is 16.8. The van der Waals surface area contributed by atoms with Crippen molar-refractivity contribution in [1.29, 1.82) is 0 Å². The highest BCUT2D eigenvalue weighted by atomic mass is 35.5. The topological polar surface area (TPSA) is 15.6 Å². The smallest absolute Gasteiger partial charge is 0.101 e. The number of nitrogens with zero attached hydrogens (tertiary/aromatic N) is 2. The third-order valence-electron chi connectivity index (χ3n) is 5.88. The van der Waals surface area contributed by atoms with Crippen LogP contribution in [0, 0.1) is 0 Å². The predicted molar refractivity (Wildman–Crippen MR) is 116 cm³/mol. The lowest BCUT2D eigenvalue weighted by molar-refractivity contribution is 0.224. The summed E-state index contributed by atoms with van der Waals surface area (Å²) in [6, 6.07) is 27.2. The van der Waals surface area contributed by atoms with Crippen LogP contribution in [0.4, 0.5) is 0 Å². The van der Waals surface area contributed by atoms with Crippen molar-refractivity contribution in [2.45, 2.75) is 30.5 Å². The lowest BCUT2D eigenvalue weighted by atomic mass is 9.91. The Balaban J connectivity index is 1.60. The molecule has 2 atom stereocenters. The van der Waals surface area contributed by atoms with Gasteiger partial charge < -0.3 is 4.90 Å². The maximum absolute atomic E-state index is 6.62. The molecule has 2 aliphatic rings. The summed E-state index contributed by atoms with van der Waals surface area (Å²) in [6.45, 7) is 0. The van der Waals surface area contributed by atoms with E-state index in [1.54, 1.807) is 0 Å². The maximum atomic E-state index is 6.62. The van der Waals surface area contributed by atoms with Crippen LogP contribution in [0.25, 0.3) is 0 Å². The molecule has 140 valence electrons. The van der Waals surface area contributed by atoms with Crippen molar-refractivity contribution in [3.63, 3.8) is 0 Å². The quantitative estimate of drug-likeness (QED) is 0.464. The average molecular weight is 407 g/mol. The van der Waals surface area contributed by atoms with Gasteiger partial charge in [0.2, 0.25) is 0 Å². The summed E-state index contributed by atoms with van der Waals surface area (Å²) in [6.07, 6.45) is 4.16. The van der Waals surface area contributed by atoms with Crippen LogP contribution in [0.2, 0.25) is 10.0 Å². The van der Waals surface area contributed by atoms with Gasteiger partial charge in [-0.1, -0.05) is 89.9 Å². The van der Waals surface area contributed by atoms with Crippen molar-refractivity contribution in [2.75, 3.05) is 0 Å². The molecular formula is C24H20Cl2N2. The lowest BCUT2D eigenvalue weighted by Gasteiger charge is -2.36. The largest absolute Gasteiger partial charge is 0.344 e. The third-order valence-corrected chi connectivity index (χ3v) is 6.43. The Kier molecular flexibility index (Phi) is 4.41. The van der Waals surface area contributed by atoms with Crippen LogP contribution >= 0.6 is 23.2 Å². The minimum absolute atomic E-state index is 0.0622. The van der Waals surface area contributed by atoms with E-state index in [9.17, 15) is 0 Å². The molecule has 0 unspecified atom stereocenters. The van der Waals surface area contributed by atoms with Gasteiger partial charge in [-0.05, 0) is 41.7 Å². The molecular weight excluding hydrogens is 387 g/mol. The normalized spacial score (nSPS) is 22.4. The Morgan fingerprint density at radius 1 is 0.821 bits per heavy atom. The van der Waals surface area contributed by atoms with E-state index in [2.05, 4.69) is 65.6 Å². The van der Waals surface area contributed by atoms with Gasteiger partial charge in [-0.2, -0.15) is 0 Å². The fourth-order valence-electron chi connectivity index (χ4n) is 4.39. The molecule has 0 saturated heterocycles. The number of benzene rings is 3. The summed E-state index contributed by atoms with van der Waals surface area (Å²) in [5, 5.41) is 1.40. The van der Waals surface area contributed by atoms with Gasteiger partial charge in [0.05, 0.1) is 17.9 Å². The fourth-order valence-corrected chi connectivity index (χ4v) is 4.97. The summed E-state index contributed by atoms with van der Waals surface area (Å²) >= 11 is 12.8. The molecule has 5 rings (SSSR count). The molecule has 0 amide bonds. The molecule has 1 fully saturated rings. The molecule has 1 aliphatic heterocycles. The molecule has 2 nitrogen and oxygen atoms in total. The van der Waals surface area contributed by atoms with Crippen LogP contribution in [0.15, 0.2) is 83.9 Å². The van der Waals surface area contributed by atoms with Crippen molar-refractivity contribution < 1.29 is 0 Å². The highest BCUT2D eigenvalue weighted by Crippen LogP contribution is 2.58. The highest BCUT2D eigenvalue weighted by molar-refractivity contribution is 6.35. The van der Waals surface area contributed by atoms with Gasteiger partial charge in [0.1, 0.15) is 6.04 Å². The third kappa shape index (κ3) is 2.92. The predicted octanol–water partition coefficient (Wildman–Crippen LogP) is 6.81. The van der Waals surface area contributed by atoms with E-state index in [0.29, 0.717) is 5.02 Å². The van der Waals surface area contributed by atoms with Crippen LogP contribution < -0.4 is 0 Å². The Bertz CT molecular complexity index is 1010. The Labute approximate surface area is 175 Å². The second-order valence-corrected chi connectivity index (χ2v) is 8.38. The maximum Gasteiger partial charge on any atom is 0.101 e. The van der Waals surface area contributed by atoms with E-state index in [1.165, 1.54) is 11.1 Å². The van der Waals surface area contributed by atoms with Gasteiger partial charge in [0.15, 0.2) is 0 Å². The molecule has 3 aromatic rings. The van der Waals surface area contributed by atoms with Gasteiger partial charge in [-0.25, -0.2) is 0 Å². The molecule has 0 N–H and O–H groups in total. The molecule has 0 aromatic heterocycles. The van der Waals surface area contributed by atoms with E-state index in [4.69, 9.17) is 28.2 Å². The van der Waals surface area contributed by atoms with Gasteiger partial charge in [0.25, 0.3) is 0 Å². The summed E-state index contributed by atoms with van der Waals surface area (Å²) in [4.78, 5) is 7.38. The second kappa shape index (κ2) is 6.95. The van der Waals surface area contributed by atoms with Crippen LogP contribution in [0.1, 0.15) is 41.6 Å². The molecule has 1 heterocycles. The van der Waals surface area contributed by atoms with Crippen molar-refractivity contribution in [2.24, 2.45) is 4.99 Å². The van der Waals surface area contributed by atoms with E-state index < -0.39 is 0 Å². The van der Waals surface area contributed by atoms with Crippen LogP contribution in [0.5, 0.6) is 0 Å². The van der Waals surface area contributed by atoms with Gasteiger partial charge in [-0.15, -0.1) is 0 Å². The molecule has 28 heavy (non-hydrogen) atoms. The van der Waals surface area contributed by atoms with Crippen LogP contribution in [0.3, 0.4) is 0 Å². The molecule has 4 heteroatoms. The molecule has 1 aliphatic carbocycles. The van der Waals surface area contributed by atoms with Gasteiger partial charge in [-0.3, -0.25) is 4.99 Å². The van der Waals surface area contributed by atoms with E-state index >= 15 is 0 Å². The number of halogens is 2. The number of aliphatic imine (C=N–C) groups is 1. The minimum atomic E-state index is -0.116. The van der Waals surface area contributed by atoms with E-state index in [-0.39, 0.29) is 17.6 Å². The van der Waals surface area contributed by atoms with Crippen molar-refractivity contribution in [3.05, 3.63) is 106 Å². The molecule has 1 saturated carbocycles. The lowest BCUT2D eigenvalue weighted by Crippen LogP contribution is -2.36. The SMILES string of the molecule is Clc1ccc(C2(N3C=N[C@@H](c4ccccc4)[C@H]3c3ccccc3)CC2)c(Cl)c1. The zero-order chi connectivity index (χ0) is 19.1. The monoisotopic (exact) mass is 406 g/mol. The van der Waals surface area contributed by atoms with Crippen molar-refractivity contribution >= 4 is 29.5 Å². The minimum Gasteiger partial charge on any atom is -0.344 e. The Morgan fingerprint density at radius 2 is 1.46 bits per heavy atom. The summed E-state index contributed by atoms with van der Waals surface area (Å²) < 4.78 is 0. The summed E-state index contributed by atoms with van der Waals surface area (Å²) in [5.74, 6) is 0. The van der Waals surface area contributed by atoms with E-state index in [0.717, 1.165) is 23.4 Å². The van der Waals surface area contributed by atoms with E-state index in [1.807, 2.05) is 24.5 Å². The fraction of sp³-hybridized carbons (Fsp3) is 0.208. The highest BCUT2D eigenvalue weighted by Gasteiger charge is 2.55. The Hall–Kier alpha value is -2.29. The Morgan fingerprint density at radius 3 is 2.07 bits per heavy atom. The number of hydrogen-bond acceptors (Lipinski definition) is 2. The molecule has 0 spiro atoms. The number of rotatable bonds is 4. The summed E-state index contributed by atoms with van der Waals surface area (Å²) in [5.41, 5.74) is 3.52. The average Bonchev–Trinajstić information content (AvgIpc) is 3.39. The first kappa shape index (κ1) is 17.8. The van der Waals surface area contributed by atoms with Crippen molar-refractivity contribution in [1.82, 2.24) is 4.90 Å². The molecule has 0 radical (unpaired) electrons. The second-order valence-electron chi connectivity index (χ2n) is 7.54. The van der Waals surface area contributed by atoms with Crippen molar-refractivity contribution in [3.8, 4) is 0 Å². The number of hydrogen-bond donors (Lipinski definition) is 0. The summed E-state index contributed by atoms with van der Waals surface area (Å²) in [7, 11) is 0. The van der Waals surface area contributed by atoms with Gasteiger partial charge >= 0.3 is 0 Å².